The van der Waals surface area contributed by atoms with Gasteiger partial charge in [0.25, 0.3) is 0 Å². The van der Waals surface area contributed by atoms with Gasteiger partial charge in [-0.1, -0.05) is 206 Å². The molecule has 1 N–H and O–H groups in total. The Morgan fingerprint density at radius 2 is 0.770 bits per heavy atom. The molecule has 74 heavy (non-hydrogen) atoms. The summed E-state index contributed by atoms with van der Waals surface area (Å²) in [6.45, 7) is 0. The number of benzene rings is 8. The minimum atomic E-state index is -1.96. The Morgan fingerprint density at radius 3 is 1.12 bits per heavy atom. The molecule has 4 heterocycles. The average molecular weight is 1050 g/mol. The van der Waals surface area contributed by atoms with Gasteiger partial charge in [-0.15, -0.1) is 23.2 Å². The Hall–Kier alpha value is -8.38. The van der Waals surface area contributed by atoms with E-state index in [1.54, 1.807) is 0 Å². The van der Waals surface area contributed by atoms with Crippen molar-refractivity contribution in [1.29, 1.82) is 0 Å². The van der Waals surface area contributed by atoms with Gasteiger partial charge in [-0.2, -0.15) is 0 Å². The second-order valence-corrected chi connectivity index (χ2v) is 17.9. The van der Waals surface area contributed by atoms with Crippen LogP contribution in [0, 0.1) is 0 Å². The number of hydrogen-bond donors (Lipinski definition) is 1. The fraction of sp³-hybridized carbons (Fsp3) is 0.0333. The van der Waals surface area contributed by atoms with Gasteiger partial charge in [0, 0.05) is 46.4 Å². The molecule has 0 aliphatic heterocycles. The first kappa shape index (κ1) is 50.6. The number of fused-ring (bicyclic) bond motifs is 1. The van der Waals surface area contributed by atoms with Gasteiger partial charge in [0.15, 0.2) is 0 Å². The van der Waals surface area contributed by atoms with E-state index in [-0.39, 0.29) is 33.9 Å². The molecule has 0 aliphatic carbocycles. The first-order valence-electron chi connectivity index (χ1n) is 23.7. The van der Waals surface area contributed by atoms with E-state index in [4.69, 9.17) is 38.5 Å². The van der Waals surface area contributed by atoms with E-state index in [2.05, 4.69) is 183 Å². The van der Waals surface area contributed by atoms with Crippen LogP contribution in [0.4, 0.5) is 0 Å². The Labute approximate surface area is 450 Å². The molecule has 364 valence electrons. The van der Waals surface area contributed by atoms with Gasteiger partial charge in [-0.25, -0.2) is 20.3 Å². The van der Waals surface area contributed by atoms with Crippen LogP contribution < -0.4 is 5.11 Å². The van der Waals surface area contributed by atoms with Crippen molar-refractivity contribution in [3.8, 4) is 90.4 Å². The van der Waals surface area contributed by atoms with Crippen LogP contribution in [0.2, 0.25) is 0 Å². The van der Waals surface area contributed by atoms with E-state index >= 15 is 0 Å². The molecule has 0 aliphatic rings. The molecule has 0 saturated heterocycles. The maximum atomic E-state index is 11.8. The van der Waals surface area contributed by atoms with E-state index in [0.29, 0.717) is 11.4 Å². The summed E-state index contributed by atoms with van der Waals surface area (Å²) in [6.07, 6.45) is 0. The minimum absolute atomic E-state index is 0. The molecule has 0 fully saturated rings. The molecule has 0 saturated carbocycles. The normalized spacial score (nSPS) is 10.8. The number of para-hydroxylation sites is 2. The molecule has 12 rings (SSSR count). The van der Waals surface area contributed by atoms with Crippen molar-refractivity contribution >= 4 is 41.4 Å². The van der Waals surface area contributed by atoms with Gasteiger partial charge in [-0.3, -0.25) is 0 Å². The SMILES string of the molecule is ClCCl.Cn1c(-c2cc(O)ccc2[O-])nc2ccccc21.[Fe+2].c1ccc(-c2cc(-c3ccccc3)n([BH-](n3nc(-c4ccccc4)cc3-c3ccccc3)n3nc(-c4ccccc4)cc3-c3ccccc3)n2)cc1. The maximum absolute atomic E-state index is 11.8. The number of phenols is 1. The number of phenolic OH excluding ortho intramolecular Hbond substituents is 1. The van der Waals surface area contributed by atoms with Gasteiger partial charge in [0.05, 0.1) is 33.5 Å². The molecule has 0 unspecified atom stereocenters. The predicted octanol–water partition coefficient (Wildman–Crippen LogP) is 13.4. The first-order chi connectivity index (χ1) is 35.9. The van der Waals surface area contributed by atoms with Crippen LogP contribution in [0.25, 0.3) is 90.0 Å². The second-order valence-electron chi connectivity index (χ2n) is 17.1. The van der Waals surface area contributed by atoms with Crippen molar-refractivity contribution in [3.05, 3.63) is 243 Å². The summed E-state index contributed by atoms with van der Waals surface area (Å²) in [4.78, 5) is 4.44. The second kappa shape index (κ2) is 23.4. The van der Waals surface area contributed by atoms with Crippen molar-refractivity contribution < 1.29 is 27.3 Å². The number of imidazole rings is 1. The van der Waals surface area contributed by atoms with Crippen molar-refractivity contribution in [3.63, 3.8) is 0 Å². The molecular weight excluding hydrogens is 1000 g/mol. The molecule has 0 bridgehead atoms. The largest absolute Gasteiger partial charge is 2.00 e. The minimum Gasteiger partial charge on any atom is -0.872 e. The number of halogens is 2. The van der Waals surface area contributed by atoms with Crippen LogP contribution in [0.5, 0.6) is 11.5 Å². The van der Waals surface area contributed by atoms with Crippen molar-refractivity contribution in [2.75, 3.05) is 5.34 Å². The Kier molecular flexibility index (Phi) is 16.0. The van der Waals surface area contributed by atoms with E-state index in [1.165, 1.54) is 18.2 Å². The third kappa shape index (κ3) is 10.9. The number of aromatic hydroxyl groups is 1. The fourth-order valence-electron chi connectivity index (χ4n) is 9.13. The summed E-state index contributed by atoms with van der Waals surface area (Å²) < 4.78 is 8.35. The molecular formula is C60H47BCl2FeN8O2. The molecule has 14 heteroatoms. The van der Waals surface area contributed by atoms with Crippen LogP contribution in [0.15, 0.2) is 243 Å². The Morgan fingerprint density at radius 1 is 0.446 bits per heavy atom. The van der Waals surface area contributed by atoms with Crippen LogP contribution in [0.1, 0.15) is 0 Å². The molecule has 0 amide bonds. The number of hydrogen-bond acceptors (Lipinski definition) is 6. The van der Waals surface area contributed by atoms with Crippen LogP contribution >= 0.6 is 23.2 Å². The first-order valence-corrected chi connectivity index (χ1v) is 24.8. The number of rotatable bonds is 10. The van der Waals surface area contributed by atoms with Crippen LogP contribution in [-0.2, 0) is 24.1 Å². The van der Waals surface area contributed by atoms with Crippen molar-refractivity contribution in [2.24, 2.45) is 7.05 Å². The topological polar surface area (TPSA) is 115 Å². The number of aryl methyl sites for hydroxylation is 1. The Balaban J connectivity index is 0.000000255. The molecule has 0 spiro atoms. The molecule has 12 aromatic rings. The van der Waals surface area contributed by atoms with E-state index < -0.39 is 7.12 Å². The molecule has 10 nitrogen and oxygen atoms in total. The summed E-state index contributed by atoms with van der Waals surface area (Å²) in [6, 6.07) is 81.0. The Bertz CT molecular complexity index is 3440. The van der Waals surface area contributed by atoms with Crippen molar-refractivity contribution in [2.45, 2.75) is 0 Å². The monoisotopic (exact) mass is 1050 g/mol. The summed E-state index contributed by atoms with van der Waals surface area (Å²) in [5, 5.41) is 37.9. The van der Waals surface area contributed by atoms with Crippen LogP contribution in [0.3, 0.4) is 0 Å². The number of alkyl halides is 2. The van der Waals surface area contributed by atoms with Gasteiger partial charge >= 0.3 is 24.2 Å². The summed E-state index contributed by atoms with van der Waals surface area (Å²) in [7, 11) is -0.105. The van der Waals surface area contributed by atoms with Crippen molar-refractivity contribution in [1.82, 2.24) is 38.6 Å². The third-order valence-electron chi connectivity index (χ3n) is 12.6. The smallest absolute Gasteiger partial charge is 0.872 e. The summed E-state index contributed by atoms with van der Waals surface area (Å²) in [5.41, 5.74) is 14.1. The fourth-order valence-corrected chi connectivity index (χ4v) is 9.13. The molecule has 8 aromatic carbocycles. The molecule has 4 aromatic heterocycles. The zero-order valence-electron chi connectivity index (χ0n) is 40.1. The van der Waals surface area contributed by atoms with E-state index in [9.17, 15) is 10.2 Å². The van der Waals surface area contributed by atoms with E-state index in [0.717, 1.165) is 78.6 Å². The number of aromatic nitrogens is 8. The van der Waals surface area contributed by atoms with Gasteiger partial charge in [-0.05, 0) is 59.2 Å². The zero-order chi connectivity index (χ0) is 50.1. The quantitative estimate of drug-likeness (QED) is 0.108. The summed E-state index contributed by atoms with van der Waals surface area (Å²) >= 11 is 9.53. The van der Waals surface area contributed by atoms with Gasteiger partial charge in [0.1, 0.15) is 11.6 Å². The average Bonchev–Trinajstić information content (AvgIpc) is 4.28. The molecule has 0 atom stereocenters. The maximum Gasteiger partial charge on any atom is 2.00 e. The van der Waals surface area contributed by atoms with Gasteiger partial charge in [0.2, 0.25) is 0 Å². The molecule has 0 radical (unpaired) electrons. The van der Waals surface area contributed by atoms with Crippen LogP contribution in [-0.4, -0.2) is 56.2 Å². The number of nitrogens with zero attached hydrogens (tertiary/aromatic N) is 8. The summed E-state index contributed by atoms with van der Waals surface area (Å²) in [5.74, 6) is 0.486. The standard InChI is InChI=1S/C45H34BN6.C14H12N2O2.CH2Cl2.Fe/c1-7-19-34(20-8-1)40-31-43(37-25-13-4-14-26-37)50(47-40)46(51-44(38-27-15-5-16-28-38)32-41(48-51)35-21-9-2-10-22-35)52-45(39-29-17-6-18-30-39)33-42(49-52)36-23-11-3-12-24-36;1-16-12-5-3-2-4-11(12)15-14(16)10-8-9(17)6-7-13(10)18;2-1-3;/h1-33,46H;2-8,17-18H,1H3;1H2;/q-1;;;+2/p-1. The third-order valence-corrected chi connectivity index (χ3v) is 12.6. The van der Waals surface area contributed by atoms with Gasteiger partial charge < -0.3 is 28.6 Å². The zero-order valence-corrected chi connectivity index (χ0v) is 42.7. The van der Waals surface area contributed by atoms with E-state index in [1.807, 2.05) is 72.3 Å². The predicted molar refractivity (Wildman–Crippen MR) is 296 cm³/mol.